The highest BCUT2D eigenvalue weighted by atomic mass is 19.3. The van der Waals surface area contributed by atoms with Crippen LogP contribution in [0.5, 0.6) is 5.75 Å². The van der Waals surface area contributed by atoms with Gasteiger partial charge in [-0.15, -0.1) is 0 Å². The second-order valence-corrected chi connectivity index (χ2v) is 9.34. The summed E-state index contributed by atoms with van der Waals surface area (Å²) in [4.78, 5) is 37.6. The van der Waals surface area contributed by atoms with Gasteiger partial charge in [0.1, 0.15) is 23.3 Å². The average Bonchev–Trinajstić information content (AvgIpc) is 3.51. The molecule has 1 saturated heterocycles. The van der Waals surface area contributed by atoms with Crippen LogP contribution in [0.15, 0.2) is 24.5 Å². The quantitative estimate of drug-likeness (QED) is 0.470. The number of fused-ring (bicyclic) bond motifs is 1. The molecule has 3 heterocycles. The Bertz CT molecular complexity index is 1320. The van der Waals surface area contributed by atoms with Crippen molar-refractivity contribution >= 4 is 22.8 Å². The van der Waals surface area contributed by atoms with Gasteiger partial charge in [-0.1, -0.05) is 0 Å². The third kappa shape index (κ3) is 4.49. The van der Waals surface area contributed by atoms with Gasteiger partial charge < -0.3 is 19.9 Å². The maximum atomic E-state index is 14.7. The Morgan fingerprint density at radius 2 is 2.03 bits per heavy atom. The van der Waals surface area contributed by atoms with Crippen LogP contribution in [0.1, 0.15) is 54.2 Å². The van der Waals surface area contributed by atoms with Crippen molar-refractivity contribution in [2.75, 3.05) is 13.2 Å². The molecular weight excluding hydrogens is 475 g/mol. The summed E-state index contributed by atoms with van der Waals surface area (Å²) >= 11 is 0. The smallest absolute Gasteiger partial charge is 0.263 e. The van der Waals surface area contributed by atoms with Crippen LogP contribution < -0.4 is 10.1 Å². The van der Waals surface area contributed by atoms with Crippen molar-refractivity contribution in [1.29, 1.82) is 0 Å². The van der Waals surface area contributed by atoms with Crippen LogP contribution >= 0.6 is 0 Å². The summed E-state index contributed by atoms with van der Waals surface area (Å²) < 4.78 is 47.6. The molecule has 1 saturated carbocycles. The molecule has 3 aromatic rings. The molecule has 2 fully saturated rings. The zero-order valence-corrected chi connectivity index (χ0v) is 19.9. The number of aryl methyl sites for hydroxylation is 1. The van der Waals surface area contributed by atoms with Crippen LogP contribution in [0.4, 0.5) is 13.2 Å². The molecule has 1 aliphatic heterocycles. The molecule has 11 heteroatoms. The van der Waals surface area contributed by atoms with Gasteiger partial charge >= 0.3 is 0 Å². The van der Waals surface area contributed by atoms with Gasteiger partial charge in [-0.25, -0.2) is 23.1 Å². The molecule has 1 aromatic carbocycles. The zero-order chi connectivity index (χ0) is 25.6. The Labute approximate surface area is 205 Å². The number of rotatable bonds is 7. The first kappa shape index (κ1) is 24.1. The highest BCUT2D eigenvalue weighted by Crippen LogP contribution is 2.38. The molecule has 0 spiro atoms. The minimum atomic E-state index is -2.68. The Morgan fingerprint density at radius 1 is 1.25 bits per heavy atom. The van der Waals surface area contributed by atoms with Crippen LogP contribution in [-0.4, -0.2) is 57.2 Å². The molecule has 190 valence electrons. The Balaban J connectivity index is 1.51. The van der Waals surface area contributed by atoms with E-state index in [-0.39, 0.29) is 29.6 Å². The summed E-state index contributed by atoms with van der Waals surface area (Å²) in [6.45, 7) is 3.65. The first-order valence-electron chi connectivity index (χ1n) is 11.8. The fourth-order valence-electron chi connectivity index (χ4n) is 4.56. The zero-order valence-electron chi connectivity index (χ0n) is 19.9. The van der Waals surface area contributed by atoms with Crippen molar-refractivity contribution in [2.24, 2.45) is 5.92 Å². The van der Waals surface area contributed by atoms with E-state index < -0.39 is 30.6 Å². The third-order valence-electron chi connectivity index (χ3n) is 6.71. The average molecular weight is 502 g/mol. The second kappa shape index (κ2) is 9.44. The molecule has 2 atom stereocenters. The van der Waals surface area contributed by atoms with Crippen molar-refractivity contribution < 1.29 is 27.5 Å². The number of aromatic amines is 1. The van der Waals surface area contributed by atoms with Gasteiger partial charge in [-0.2, -0.15) is 0 Å². The predicted octanol–water partition coefficient (Wildman–Crippen LogP) is 4.31. The molecule has 36 heavy (non-hydrogen) atoms. The SMILES string of the molecule is CC(=O)N1CC[C@@H](NC(=O)c2c(C)[nH]c3c(-c4cc(C(F)F)ccc4OCC4CC4)ncnc23)C1F. The predicted molar refractivity (Wildman–Crippen MR) is 125 cm³/mol. The van der Waals surface area contributed by atoms with E-state index in [1.54, 1.807) is 6.92 Å². The van der Waals surface area contributed by atoms with Gasteiger partial charge in [-0.3, -0.25) is 9.59 Å². The largest absolute Gasteiger partial charge is 0.493 e. The Morgan fingerprint density at radius 3 is 2.69 bits per heavy atom. The minimum absolute atomic E-state index is 0.179. The number of carbonyl (C=O) groups is 2. The summed E-state index contributed by atoms with van der Waals surface area (Å²) in [6.07, 6.45) is -0.615. The van der Waals surface area contributed by atoms with Gasteiger partial charge in [0.05, 0.1) is 23.7 Å². The van der Waals surface area contributed by atoms with Gasteiger partial charge in [0, 0.05) is 30.3 Å². The van der Waals surface area contributed by atoms with Crippen LogP contribution in [0.25, 0.3) is 22.3 Å². The van der Waals surface area contributed by atoms with E-state index in [2.05, 4.69) is 20.3 Å². The van der Waals surface area contributed by atoms with Gasteiger partial charge in [0.25, 0.3) is 12.3 Å². The lowest BCUT2D eigenvalue weighted by atomic mass is 10.0. The molecule has 2 aromatic heterocycles. The van der Waals surface area contributed by atoms with Gasteiger partial charge in [0.2, 0.25) is 5.91 Å². The fourth-order valence-corrected chi connectivity index (χ4v) is 4.56. The van der Waals surface area contributed by atoms with Crippen molar-refractivity contribution in [3.05, 3.63) is 41.3 Å². The number of nitrogens with one attached hydrogen (secondary N) is 2. The molecule has 1 aliphatic carbocycles. The van der Waals surface area contributed by atoms with Crippen LogP contribution in [0.2, 0.25) is 0 Å². The number of likely N-dealkylation sites (tertiary alicyclic amines) is 1. The van der Waals surface area contributed by atoms with Crippen molar-refractivity contribution in [1.82, 2.24) is 25.2 Å². The number of ether oxygens (including phenoxy) is 1. The molecule has 0 radical (unpaired) electrons. The topological polar surface area (TPSA) is 100 Å². The van der Waals surface area contributed by atoms with E-state index >= 15 is 0 Å². The summed E-state index contributed by atoms with van der Waals surface area (Å²) in [6, 6.07) is 3.33. The lowest BCUT2D eigenvalue weighted by Crippen LogP contribution is -2.43. The molecule has 2 N–H and O–H groups in total. The highest BCUT2D eigenvalue weighted by molar-refractivity contribution is 6.09. The number of hydrogen-bond acceptors (Lipinski definition) is 5. The first-order valence-corrected chi connectivity index (χ1v) is 11.8. The Kier molecular flexibility index (Phi) is 6.31. The molecular formula is C25H26F3N5O3. The summed E-state index contributed by atoms with van der Waals surface area (Å²) in [7, 11) is 0. The van der Waals surface area contributed by atoms with Crippen LogP contribution in [0, 0.1) is 12.8 Å². The van der Waals surface area contributed by atoms with Crippen molar-refractivity contribution in [2.45, 2.75) is 51.9 Å². The van der Waals surface area contributed by atoms with Crippen LogP contribution in [-0.2, 0) is 4.79 Å². The van der Waals surface area contributed by atoms with E-state index in [0.29, 0.717) is 40.7 Å². The number of benzene rings is 1. The summed E-state index contributed by atoms with van der Waals surface area (Å²) in [5, 5.41) is 2.67. The number of alkyl halides is 3. The first-order chi connectivity index (χ1) is 17.2. The second-order valence-electron chi connectivity index (χ2n) is 9.34. The van der Waals surface area contributed by atoms with E-state index in [1.807, 2.05) is 0 Å². The maximum Gasteiger partial charge on any atom is 0.263 e. The molecule has 0 bridgehead atoms. The molecule has 2 aliphatic rings. The minimum Gasteiger partial charge on any atom is -0.493 e. The van der Waals surface area contributed by atoms with E-state index in [4.69, 9.17) is 4.74 Å². The third-order valence-corrected chi connectivity index (χ3v) is 6.71. The monoisotopic (exact) mass is 501 g/mol. The fraction of sp³-hybridized carbons (Fsp3) is 0.440. The molecule has 5 rings (SSSR count). The number of aromatic nitrogens is 3. The van der Waals surface area contributed by atoms with Crippen molar-refractivity contribution in [3.8, 4) is 17.0 Å². The summed E-state index contributed by atoms with van der Waals surface area (Å²) in [5.74, 6) is -0.0753. The van der Waals surface area contributed by atoms with E-state index in [1.165, 1.54) is 31.5 Å². The van der Waals surface area contributed by atoms with E-state index in [9.17, 15) is 22.8 Å². The lowest BCUT2D eigenvalue weighted by Gasteiger charge is -2.20. The number of H-pyrrole nitrogens is 1. The number of halogens is 3. The highest BCUT2D eigenvalue weighted by Gasteiger charge is 2.37. The number of nitrogens with zero attached hydrogens (tertiary/aromatic N) is 3. The standard InChI is InChI=1S/C25H26F3N5O3/c1-12-19(25(35)32-17-7-8-33(13(2)34)24(17)28)21-22(31-12)20(29-11-30-21)16-9-15(23(26)27)5-6-18(16)36-10-14-3-4-14/h5-6,9,11,14,17,23-24,31H,3-4,7-8,10H2,1-2H3,(H,32,35)/t17-,24?/m1/s1. The van der Waals surface area contributed by atoms with Gasteiger partial charge in [0.15, 0.2) is 6.30 Å². The molecule has 1 unspecified atom stereocenters. The molecule has 2 amide bonds. The number of carbonyl (C=O) groups excluding carboxylic acids is 2. The maximum absolute atomic E-state index is 14.7. The van der Waals surface area contributed by atoms with Gasteiger partial charge in [-0.05, 0) is 50.3 Å². The lowest BCUT2D eigenvalue weighted by molar-refractivity contribution is -0.132. The molecule has 8 nitrogen and oxygen atoms in total. The number of amides is 2. The number of hydrogen-bond donors (Lipinski definition) is 2. The normalized spacial score (nSPS) is 19.8. The van der Waals surface area contributed by atoms with Crippen molar-refractivity contribution in [3.63, 3.8) is 0 Å². The summed E-state index contributed by atoms with van der Waals surface area (Å²) in [5.41, 5.74) is 1.84. The van der Waals surface area contributed by atoms with E-state index in [0.717, 1.165) is 17.7 Å². The van der Waals surface area contributed by atoms with Crippen LogP contribution in [0.3, 0.4) is 0 Å². The Hall–Kier alpha value is -3.63.